The maximum Gasteiger partial charge on any atom is 0.354 e. The van der Waals surface area contributed by atoms with Gasteiger partial charge in [0.2, 0.25) is 0 Å². The zero-order valence-electron chi connectivity index (χ0n) is 8.70. The Kier molecular flexibility index (Phi) is 3.22. The topological polar surface area (TPSA) is 59.4 Å². The van der Waals surface area contributed by atoms with Gasteiger partial charge in [-0.3, -0.25) is 0 Å². The Bertz CT molecular complexity index is 615. The molecule has 0 atom stereocenters. The lowest BCUT2D eigenvalue weighted by Crippen LogP contribution is -2.01. The molecule has 17 heavy (non-hydrogen) atoms. The standard InChI is InChI=1S/C11H7BrClNO3/c1-17-8-3-2-5(12)9-6(13)4-7(11(15)16)14-10(8)9/h2-4H,1H3,(H,15,16). The first-order valence-electron chi connectivity index (χ1n) is 4.60. The van der Waals surface area contributed by atoms with Gasteiger partial charge in [-0.05, 0) is 18.2 Å². The van der Waals surface area contributed by atoms with Crippen LogP contribution in [-0.4, -0.2) is 23.2 Å². The zero-order chi connectivity index (χ0) is 12.6. The van der Waals surface area contributed by atoms with Crippen molar-refractivity contribution in [2.75, 3.05) is 7.11 Å². The summed E-state index contributed by atoms with van der Waals surface area (Å²) in [6.07, 6.45) is 0. The molecule has 6 heteroatoms. The first-order valence-corrected chi connectivity index (χ1v) is 5.77. The lowest BCUT2D eigenvalue weighted by molar-refractivity contribution is 0.0691. The van der Waals surface area contributed by atoms with Gasteiger partial charge in [0, 0.05) is 9.86 Å². The molecule has 1 N–H and O–H groups in total. The highest BCUT2D eigenvalue weighted by Gasteiger charge is 2.15. The van der Waals surface area contributed by atoms with Gasteiger partial charge in [0.25, 0.3) is 0 Å². The van der Waals surface area contributed by atoms with Crippen molar-refractivity contribution < 1.29 is 14.6 Å². The first kappa shape index (κ1) is 12.1. The van der Waals surface area contributed by atoms with Crippen LogP contribution in [0, 0.1) is 0 Å². The Morgan fingerprint density at radius 2 is 2.24 bits per heavy atom. The van der Waals surface area contributed by atoms with Gasteiger partial charge in [-0.15, -0.1) is 0 Å². The van der Waals surface area contributed by atoms with E-state index in [2.05, 4.69) is 20.9 Å². The number of methoxy groups -OCH3 is 1. The Morgan fingerprint density at radius 3 is 2.82 bits per heavy atom. The summed E-state index contributed by atoms with van der Waals surface area (Å²) in [5.41, 5.74) is 0.311. The molecular weight excluding hydrogens is 309 g/mol. The lowest BCUT2D eigenvalue weighted by Gasteiger charge is -2.08. The van der Waals surface area contributed by atoms with Gasteiger partial charge in [-0.2, -0.15) is 0 Å². The fourth-order valence-corrected chi connectivity index (χ4v) is 2.45. The monoisotopic (exact) mass is 315 g/mol. The molecule has 0 fully saturated rings. The van der Waals surface area contributed by atoms with E-state index in [4.69, 9.17) is 21.4 Å². The van der Waals surface area contributed by atoms with Crippen molar-refractivity contribution in [3.8, 4) is 5.75 Å². The molecule has 4 nitrogen and oxygen atoms in total. The number of hydrogen-bond acceptors (Lipinski definition) is 3. The van der Waals surface area contributed by atoms with Gasteiger partial charge < -0.3 is 9.84 Å². The average molecular weight is 317 g/mol. The fourth-order valence-electron chi connectivity index (χ4n) is 1.50. The van der Waals surface area contributed by atoms with E-state index in [0.717, 1.165) is 4.47 Å². The summed E-state index contributed by atoms with van der Waals surface area (Å²) >= 11 is 9.40. The lowest BCUT2D eigenvalue weighted by atomic mass is 10.2. The minimum Gasteiger partial charge on any atom is -0.494 e. The van der Waals surface area contributed by atoms with Crippen molar-refractivity contribution in [3.05, 3.63) is 33.4 Å². The third-order valence-electron chi connectivity index (χ3n) is 2.26. The molecule has 0 amide bonds. The molecule has 0 saturated carbocycles. The van der Waals surface area contributed by atoms with Crippen LogP contribution in [0.5, 0.6) is 5.75 Å². The molecule has 88 valence electrons. The van der Waals surface area contributed by atoms with Gasteiger partial charge in [0.1, 0.15) is 11.3 Å². The number of carbonyl (C=O) groups is 1. The van der Waals surface area contributed by atoms with Gasteiger partial charge in [-0.25, -0.2) is 9.78 Å². The smallest absolute Gasteiger partial charge is 0.354 e. The van der Waals surface area contributed by atoms with Crippen LogP contribution >= 0.6 is 27.5 Å². The number of pyridine rings is 1. The van der Waals surface area contributed by atoms with E-state index in [1.807, 2.05) is 0 Å². The predicted molar refractivity (Wildman–Crippen MR) is 68.0 cm³/mol. The summed E-state index contributed by atoms with van der Waals surface area (Å²) in [6, 6.07) is 4.78. The highest BCUT2D eigenvalue weighted by molar-refractivity contribution is 9.10. The normalized spacial score (nSPS) is 10.5. The van der Waals surface area contributed by atoms with Crippen LogP contribution in [0.3, 0.4) is 0 Å². The molecule has 1 heterocycles. The summed E-state index contributed by atoms with van der Waals surface area (Å²) in [7, 11) is 1.49. The summed E-state index contributed by atoms with van der Waals surface area (Å²) in [4.78, 5) is 14.9. The molecule has 0 aliphatic carbocycles. The third-order valence-corrected chi connectivity index (χ3v) is 3.22. The highest BCUT2D eigenvalue weighted by Crippen LogP contribution is 2.35. The first-order chi connectivity index (χ1) is 8.04. The van der Waals surface area contributed by atoms with Crippen LogP contribution in [0.1, 0.15) is 10.5 Å². The van der Waals surface area contributed by atoms with Crippen LogP contribution in [0.15, 0.2) is 22.7 Å². The second-order valence-corrected chi connectivity index (χ2v) is 4.53. The second kappa shape index (κ2) is 4.50. The number of aromatic nitrogens is 1. The van der Waals surface area contributed by atoms with Crippen molar-refractivity contribution in [3.63, 3.8) is 0 Å². The minimum atomic E-state index is -1.13. The molecule has 0 bridgehead atoms. The Labute approximate surface area is 110 Å². The van der Waals surface area contributed by atoms with Crippen LogP contribution in [0.25, 0.3) is 10.9 Å². The molecule has 1 aromatic heterocycles. The molecule has 0 aliphatic rings. The van der Waals surface area contributed by atoms with Crippen molar-refractivity contribution in [2.45, 2.75) is 0 Å². The maximum absolute atomic E-state index is 10.9. The minimum absolute atomic E-state index is 0.112. The molecule has 0 spiro atoms. The van der Waals surface area contributed by atoms with E-state index in [1.54, 1.807) is 12.1 Å². The molecule has 1 aromatic carbocycles. The number of rotatable bonds is 2. The predicted octanol–water partition coefficient (Wildman–Crippen LogP) is 3.36. The summed E-state index contributed by atoms with van der Waals surface area (Å²) in [5, 5.41) is 9.88. The number of halogens is 2. The van der Waals surface area contributed by atoms with Crippen LogP contribution in [-0.2, 0) is 0 Å². The van der Waals surface area contributed by atoms with E-state index in [-0.39, 0.29) is 5.69 Å². The summed E-state index contributed by atoms with van der Waals surface area (Å²) in [5.74, 6) is -0.649. The summed E-state index contributed by atoms with van der Waals surface area (Å²) < 4.78 is 5.88. The number of aromatic carboxylic acids is 1. The van der Waals surface area contributed by atoms with Gasteiger partial charge in [-0.1, -0.05) is 27.5 Å². The number of nitrogens with zero attached hydrogens (tertiary/aromatic N) is 1. The van der Waals surface area contributed by atoms with Crippen LogP contribution < -0.4 is 4.74 Å². The quantitative estimate of drug-likeness (QED) is 0.923. The second-order valence-electron chi connectivity index (χ2n) is 3.27. The largest absolute Gasteiger partial charge is 0.494 e. The van der Waals surface area contributed by atoms with Crippen molar-refractivity contribution in [1.29, 1.82) is 0 Å². The number of hydrogen-bond donors (Lipinski definition) is 1. The van der Waals surface area contributed by atoms with Crippen LogP contribution in [0.2, 0.25) is 5.02 Å². The van der Waals surface area contributed by atoms with Crippen LogP contribution in [0.4, 0.5) is 0 Å². The van der Waals surface area contributed by atoms with Crippen molar-refractivity contribution >= 4 is 44.4 Å². The van der Waals surface area contributed by atoms with E-state index in [9.17, 15) is 4.79 Å². The Balaban J connectivity index is 2.89. The van der Waals surface area contributed by atoms with E-state index >= 15 is 0 Å². The SMILES string of the molecule is COc1ccc(Br)c2c(Cl)cc(C(=O)O)nc12. The Morgan fingerprint density at radius 1 is 1.53 bits per heavy atom. The molecule has 2 rings (SSSR count). The number of carboxylic acids is 1. The summed E-state index contributed by atoms with van der Waals surface area (Å²) in [6.45, 7) is 0. The number of carboxylic acid groups (broad SMARTS) is 1. The van der Waals surface area contributed by atoms with E-state index in [0.29, 0.717) is 21.7 Å². The zero-order valence-corrected chi connectivity index (χ0v) is 11.0. The molecule has 0 radical (unpaired) electrons. The number of fused-ring (bicyclic) bond motifs is 1. The highest BCUT2D eigenvalue weighted by atomic mass is 79.9. The average Bonchev–Trinajstić information content (AvgIpc) is 2.28. The number of benzene rings is 1. The Hall–Kier alpha value is -1.33. The van der Waals surface area contributed by atoms with Gasteiger partial charge >= 0.3 is 5.97 Å². The third kappa shape index (κ3) is 2.08. The fraction of sp³-hybridized carbons (Fsp3) is 0.0909. The van der Waals surface area contributed by atoms with Crippen molar-refractivity contribution in [2.24, 2.45) is 0 Å². The molecular formula is C11H7BrClNO3. The maximum atomic E-state index is 10.9. The van der Waals surface area contributed by atoms with Crippen molar-refractivity contribution in [1.82, 2.24) is 4.98 Å². The van der Waals surface area contributed by atoms with Gasteiger partial charge in [0.05, 0.1) is 12.1 Å². The van der Waals surface area contributed by atoms with E-state index < -0.39 is 5.97 Å². The molecule has 0 aliphatic heterocycles. The van der Waals surface area contributed by atoms with Gasteiger partial charge in [0.15, 0.2) is 5.69 Å². The molecule has 0 saturated heterocycles. The molecule has 2 aromatic rings. The molecule has 0 unspecified atom stereocenters. The van der Waals surface area contributed by atoms with E-state index in [1.165, 1.54) is 13.2 Å². The number of ether oxygens (including phenoxy) is 1.